The Kier molecular flexibility index (Phi) is 7.18. The predicted molar refractivity (Wildman–Crippen MR) is 111 cm³/mol. The van der Waals surface area contributed by atoms with Gasteiger partial charge in [0.1, 0.15) is 5.60 Å². The van der Waals surface area contributed by atoms with Crippen molar-refractivity contribution >= 4 is 17.7 Å². The van der Waals surface area contributed by atoms with Gasteiger partial charge < -0.3 is 15.8 Å². The summed E-state index contributed by atoms with van der Waals surface area (Å²) in [5.41, 5.74) is 8.06. The van der Waals surface area contributed by atoms with E-state index in [1.807, 2.05) is 49.4 Å². The minimum Gasteiger partial charge on any atom is -0.444 e. The fourth-order valence-electron chi connectivity index (χ4n) is 2.64. The highest BCUT2D eigenvalue weighted by Crippen LogP contribution is 2.15. The van der Waals surface area contributed by atoms with E-state index in [2.05, 4.69) is 10.6 Å². The number of ether oxygens (including phenoxy) is 1. The van der Waals surface area contributed by atoms with E-state index in [0.717, 1.165) is 11.1 Å². The van der Waals surface area contributed by atoms with Gasteiger partial charge in [0, 0.05) is 5.69 Å². The van der Waals surface area contributed by atoms with Crippen molar-refractivity contribution in [3.8, 4) is 0 Å². The third-order valence-corrected chi connectivity index (χ3v) is 4.05. The molecule has 2 rings (SSSR count). The van der Waals surface area contributed by atoms with Gasteiger partial charge in [0.15, 0.2) is 0 Å². The van der Waals surface area contributed by atoms with Crippen LogP contribution in [0.25, 0.3) is 0 Å². The Balaban J connectivity index is 1.87. The Bertz CT molecular complexity index is 783. The van der Waals surface area contributed by atoms with Crippen molar-refractivity contribution in [1.82, 2.24) is 5.32 Å². The molecule has 0 heterocycles. The van der Waals surface area contributed by atoms with E-state index < -0.39 is 17.7 Å². The molecule has 0 radical (unpaired) electrons. The zero-order valence-electron chi connectivity index (χ0n) is 16.9. The lowest BCUT2D eigenvalue weighted by atomic mass is 10.0. The molecule has 0 aliphatic rings. The minimum absolute atomic E-state index is 0.111. The van der Waals surface area contributed by atoms with Crippen molar-refractivity contribution in [3.63, 3.8) is 0 Å². The van der Waals surface area contributed by atoms with Crippen LogP contribution < -0.4 is 16.4 Å². The number of carbonyl (C=O) groups excluding carboxylic acids is 2. The molecule has 0 fully saturated rings. The molecular formula is C22H29N3O3. The van der Waals surface area contributed by atoms with Gasteiger partial charge in [-0.05, 0) is 57.4 Å². The SMILES string of the molecule is C[C@H](NC(=O)[C@@H](N)Cc1ccc(NC(=O)OC(C)(C)C)cc1)c1ccccc1. The maximum absolute atomic E-state index is 12.4. The van der Waals surface area contributed by atoms with Crippen LogP contribution in [-0.2, 0) is 16.0 Å². The fourth-order valence-corrected chi connectivity index (χ4v) is 2.64. The number of anilines is 1. The molecule has 0 aromatic heterocycles. The van der Waals surface area contributed by atoms with Gasteiger partial charge in [-0.15, -0.1) is 0 Å². The lowest BCUT2D eigenvalue weighted by molar-refractivity contribution is -0.123. The second-order valence-corrected chi connectivity index (χ2v) is 7.78. The molecule has 2 aromatic carbocycles. The van der Waals surface area contributed by atoms with Crippen molar-refractivity contribution in [2.75, 3.05) is 5.32 Å². The Morgan fingerprint density at radius 1 is 1.04 bits per heavy atom. The zero-order valence-corrected chi connectivity index (χ0v) is 16.9. The first-order chi connectivity index (χ1) is 13.1. The van der Waals surface area contributed by atoms with Crippen LogP contribution >= 0.6 is 0 Å². The summed E-state index contributed by atoms with van der Waals surface area (Å²) in [6.45, 7) is 7.35. The Morgan fingerprint density at radius 2 is 1.64 bits per heavy atom. The maximum Gasteiger partial charge on any atom is 0.412 e. The minimum atomic E-state index is -0.657. The highest BCUT2D eigenvalue weighted by Gasteiger charge is 2.18. The summed E-state index contributed by atoms with van der Waals surface area (Å²) >= 11 is 0. The summed E-state index contributed by atoms with van der Waals surface area (Å²) < 4.78 is 5.22. The highest BCUT2D eigenvalue weighted by molar-refractivity contribution is 5.85. The molecule has 0 aliphatic heterocycles. The lowest BCUT2D eigenvalue weighted by Gasteiger charge is -2.20. The standard InChI is InChI=1S/C22H29N3O3/c1-15(17-8-6-5-7-9-17)24-20(26)19(23)14-16-10-12-18(13-11-16)25-21(27)28-22(2,3)4/h5-13,15,19H,14,23H2,1-4H3,(H,24,26)(H,25,27)/t15-,19-/m0/s1. The second-order valence-electron chi connectivity index (χ2n) is 7.78. The van der Waals surface area contributed by atoms with Gasteiger partial charge in [0.25, 0.3) is 0 Å². The van der Waals surface area contributed by atoms with E-state index >= 15 is 0 Å². The van der Waals surface area contributed by atoms with Crippen molar-refractivity contribution in [1.29, 1.82) is 0 Å². The van der Waals surface area contributed by atoms with Crippen LogP contribution in [0, 0.1) is 0 Å². The summed E-state index contributed by atoms with van der Waals surface area (Å²) in [6.07, 6.45) is -0.105. The topological polar surface area (TPSA) is 93.5 Å². The Morgan fingerprint density at radius 3 is 2.21 bits per heavy atom. The number of amides is 2. The molecule has 0 saturated heterocycles. The predicted octanol–water partition coefficient (Wildman–Crippen LogP) is 3.78. The normalized spacial score (nSPS) is 13.3. The molecule has 4 N–H and O–H groups in total. The molecule has 6 heteroatoms. The lowest BCUT2D eigenvalue weighted by Crippen LogP contribution is -2.42. The van der Waals surface area contributed by atoms with Crippen molar-refractivity contribution < 1.29 is 14.3 Å². The van der Waals surface area contributed by atoms with Crippen LogP contribution in [0.1, 0.15) is 44.9 Å². The van der Waals surface area contributed by atoms with Gasteiger partial charge in [-0.2, -0.15) is 0 Å². The molecule has 0 unspecified atom stereocenters. The second kappa shape index (κ2) is 9.37. The summed E-state index contributed by atoms with van der Waals surface area (Å²) in [6, 6.07) is 16.2. The van der Waals surface area contributed by atoms with E-state index in [1.165, 1.54) is 0 Å². The first kappa shape index (κ1) is 21.4. The monoisotopic (exact) mass is 383 g/mol. The van der Waals surface area contributed by atoms with Gasteiger partial charge in [-0.3, -0.25) is 10.1 Å². The largest absolute Gasteiger partial charge is 0.444 e. The molecule has 0 saturated carbocycles. The van der Waals surface area contributed by atoms with Gasteiger partial charge in [0.2, 0.25) is 5.91 Å². The third-order valence-electron chi connectivity index (χ3n) is 4.05. The molecule has 0 spiro atoms. The smallest absolute Gasteiger partial charge is 0.412 e. The van der Waals surface area contributed by atoms with Gasteiger partial charge in [0.05, 0.1) is 12.1 Å². The summed E-state index contributed by atoms with van der Waals surface area (Å²) in [5, 5.41) is 5.61. The molecule has 0 bridgehead atoms. The van der Waals surface area contributed by atoms with Gasteiger partial charge in [-0.1, -0.05) is 42.5 Å². The van der Waals surface area contributed by atoms with E-state index in [1.54, 1.807) is 32.9 Å². The van der Waals surface area contributed by atoms with E-state index in [4.69, 9.17) is 10.5 Å². The van der Waals surface area contributed by atoms with Crippen LogP contribution in [0.4, 0.5) is 10.5 Å². The zero-order chi connectivity index (χ0) is 20.7. The fraction of sp³-hybridized carbons (Fsp3) is 0.364. The van der Waals surface area contributed by atoms with Gasteiger partial charge in [-0.25, -0.2) is 4.79 Å². The van der Waals surface area contributed by atoms with Crippen LogP contribution in [0.5, 0.6) is 0 Å². The maximum atomic E-state index is 12.4. The number of rotatable bonds is 6. The molecular weight excluding hydrogens is 354 g/mol. The summed E-state index contributed by atoms with van der Waals surface area (Å²) in [4.78, 5) is 24.2. The van der Waals surface area contributed by atoms with Crippen LogP contribution in [0.2, 0.25) is 0 Å². The number of hydrogen-bond acceptors (Lipinski definition) is 4. The number of benzene rings is 2. The first-order valence-electron chi connectivity index (χ1n) is 9.34. The molecule has 0 aliphatic carbocycles. The van der Waals surface area contributed by atoms with Crippen molar-refractivity contribution in [3.05, 3.63) is 65.7 Å². The number of nitrogens with two attached hydrogens (primary N) is 1. The van der Waals surface area contributed by atoms with E-state index in [9.17, 15) is 9.59 Å². The molecule has 150 valence electrons. The number of nitrogens with one attached hydrogen (secondary N) is 2. The highest BCUT2D eigenvalue weighted by atomic mass is 16.6. The third kappa shape index (κ3) is 7.04. The quantitative estimate of drug-likeness (QED) is 0.708. The van der Waals surface area contributed by atoms with Crippen molar-refractivity contribution in [2.45, 2.75) is 51.8 Å². The molecule has 2 aromatic rings. The van der Waals surface area contributed by atoms with Gasteiger partial charge >= 0.3 is 6.09 Å². The molecule has 2 amide bonds. The molecule has 28 heavy (non-hydrogen) atoms. The summed E-state index contributed by atoms with van der Waals surface area (Å²) in [7, 11) is 0. The number of carbonyl (C=O) groups is 2. The average molecular weight is 383 g/mol. The first-order valence-corrected chi connectivity index (χ1v) is 9.34. The van der Waals surface area contributed by atoms with Crippen LogP contribution in [-0.4, -0.2) is 23.6 Å². The number of hydrogen-bond donors (Lipinski definition) is 3. The van der Waals surface area contributed by atoms with Crippen LogP contribution in [0.15, 0.2) is 54.6 Å². The summed E-state index contributed by atoms with van der Waals surface area (Å²) in [5.74, 6) is -0.202. The molecule has 2 atom stereocenters. The van der Waals surface area contributed by atoms with E-state index in [0.29, 0.717) is 12.1 Å². The average Bonchev–Trinajstić information content (AvgIpc) is 2.62. The van der Waals surface area contributed by atoms with Crippen LogP contribution in [0.3, 0.4) is 0 Å². The Hall–Kier alpha value is -2.86. The molecule has 6 nitrogen and oxygen atoms in total. The van der Waals surface area contributed by atoms with Crippen molar-refractivity contribution in [2.24, 2.45) is 5.73 Å². The Labute approximate surface area is 166 Å². The van der Waals surface area contributed by atoms with E-state index in [-0.39, 0.29) is 11.9 Å².